The highest BCUT2D eigenvalue weighted by Crippen LogP contribution is 2.36. The minimum absolute atomic E-state index is 0.00744. The predicted molar refractivity (Wildman–Crippen MR) is 94.1 cm³/mol. The maximum Gasteiger partial charge on any atom is 0.230 e. The molecule has 1 aromatic carbocycles. The second-order valence-electron chi connectivity index (χ2n) is 6.77. The van der Waals surface area contributed by atoms with Gasteiger partial charge in [-0.15, -0.1) is 0 Å². The number of ether oxygens (including phenoxy) is 1. The summed E-state index contributed by atoms with van der Waals surface area (Å²) in [7, 11) is -1.49. The van der Waals surface area contributed by atoms with Gasteiger partial charge in [0.2, 0.25) is 5.91 Å². The molecule has 1 aliphatic heterocycles. The third-order valence-electron chi connectivity index (χ3n) is 5.11. The van der Waals surface area contributed by atoms with Crippen molar-refractivity contribution in [2.75, 3.05) is 23.5 Å². The number of nitrogens with zero attached hydrogens (tertiary/aromatic N) is 1. The van der Waals surface area contributed by atoms with E-state index in [-0.39, 0.29) is 29.4 Å². The molecule has 1 unspecified atom stereocenters. The molecule has 1 saturated carbocycles. The molecule has 1 saturated heterocycles. The highest BCUT2D eigenvalue weighted by Gasteiger charge is 2.39. The lowest BCUT2D eigenvalue weighted by molar-refractivity contribution is -0.123. The zero-order valence-electron chi connectivity index (χ0n) is 14.1. The fraction of sp³-hybridized carbons (Fsp3) is 0.611. The summed E-state index contributed by atoms with van der Waals surface area (Å²) in [6, 6.07) is 7.10. The molecule has 1 atom stereocenters. The third kappa shape index (κ3) is 3.58. The minimum atomic E-state index is -3.07. The highest BCUT2D eigenvalue weighted by molar-refractivity contribution is 7.91. The van der Waals surface area contributed by atoms with Crippen LogP contribution in [0.1, 0.15) is 38.5 Å². The molecule has 5 nitrogen and oxygen atoms in total. The number of rotatable bonds is 4. The first-order valence-electron chi connectivity index (χ1n) is 8.68. The molecule has 0 N–H and O–H groups in total. The number of para-hydroxylation sites is 2. The lowest BCUT2D eigenvalue weighted by Gasteiger charge is -2.34. The van der Waals surface area contributed by atoms with Gasteiger partial charge in [-0.25, -0.2) is 8.42 Å². The molecule has 1 heterocycles. The SMILES string of the molecule is COc1ccccc1N(C(=O)C1CCCCC1)C1CCS(=O)(=O)C1. The Bertz CT molecular complexity index is 695. The molecule has 1 amide bonds. The van der Waals surface area contributed by atoms with Crippen LogP contribution >= 0.6 is 0 Å². The molecule has 1 aliphatic carbocycles. The van der Waals surface area contributed by atoms with E-state index in [0.717, 1.165) is 25.7 Å². The second-order valence-corrected chi connectivity index (χ2v) is 9.00. The van der Waals surface area contributed by atoms with Crippen LogP contribution in [0.5, 0.6) is 5.75 Å². The smallest absolute Gasteiger partial charge is 0.230 e. The Labute approximate surface area is 143 Å². The van der Waals surface area contributed by atoms with Gasteiger partial charge in [0.15, 0.2) is 9.84 Å². The number of hydrogen-bond acceptors (Lipinski definition) is 4. The molecule has 6 heteroatoms. The van der Waals surface area contributed by atoms with Gasteiger partial charge in [0.25, 0.3) is 0 Å². The van der Waals surface area contributed by atoms with Crippen LogP contribution in [0.15, 0.2) is 24.3 Å². The van der Waals surface area contributed by atoms with Crippen LogP contribution in [0.3, 0.4) is 0 Å². The Morgan fingerprint density at radius 2 is 1.83 bits per heavy atom. The number of sulfone groups is 1. The van der Waals surface area contributed by atoms with Crippen LogP contribution < -0.4 is 9.64 Å². The van der Waals surface area contributed by atoms with Gasteiger partial charge in [-0.05, 0) is 31.4 Å². The standard InChI is InChI=1S/C18H25NO4S/c1-23-17-10-6-5-9-16(17)19(15-11-12-24(21,22)13-15)18(20)14-7-3-2-4-8-14/h5-6,9-10,14-15H,2-4,7-8,11-13H2,1H3. The average Bonchev–Trinajstić information content (AvgIpc) is 2.96. The van der Waals surface area contributed by atoms with Gasteiger partial charge in [-0.3, -0.25) is 4.79 Å². The molecule has 3 rings (SSSR count). The maximum absolute atomic E-state index is 13.2. The molecule has 2 fully saturated rings. The van der Waals surface area contributed by atoms with Gasteiger partial charge in [-0.1, -0.05) is 31.4 Å². The highest BCUT2D eigenvalue weighted by atomic mass is 32.2. The van der Waals surface area contributed by atoms with Crippen LogP contribution in [0.25, 0.3) is 0 Å². The van der Waals surface area contributed by atoms with E-state index in [2.05, 4.69) is 0 Å². The number of benzene rings is 1. The number of anilines is 1. The van der Waals surface area contributed by atoms with Crippen molar-refractivity contribution in [2.45, 2.75) is 44.6 Å². The van der Waals surface area contributed by atoms with Gasteiger partial charge in [0.1, 0.15) is 5.75 Å². The largest absolute Gasteiger partial charge is 0.495 e. The lowest BCUT2D eigenvalue weighted by atomic mass is 9.87. The number of carbonyl (C=O) groups excluding carboxylic acids is 1. The van der Waals surface area contributed by atoms with Crippen molar-refractivity contribution >= 4 is 21.4 Å². The third-order valence-corrected chi connectivity index (χ3v) is 6.86. The first-order chi connectivity index (χ1) is 11.5. The summed E-state index contributed by atoms with van der Waals surface area (Å²) >= 11 is 0. The van der Waals surface area contributed by atoms with Crippen LogP contribution in [0, 0.1) is 5.92 Å². The first-order valence-corrected chi connectivity index (χ1v) is 10.5. The zero-order chi connectivity index (χ0) is 17.2. The summed E-state index contributed by atoms with van der Waals surface area (Å²) < 4.78 is 29.4. The molecule has 0 spiro atoms. The van der Waals surface area contributed by atoms with Crippen LogP contribution in [0.4, 0.5) is 5.69 Å². The summed E-state index contributed by atoms with van der Waals surface area (Å²) in [4.78, 5) is 15.0. The monoisotopic (exact) mass is 351 g/mol. The van der Waals surface area contributed by atoms with E-state index < -0.39 is 9.84 Å². The van der Waals surface area contributed by atoms with Crippen molar-refractivity contribution in [1.82, 2.24) is 0 Å². The molecule has 0 aromatic heterocycles. The molecular weight excluding hydrogens is 326 g/mol. The normalized spacial score (nSPS) is 23.8. The summed E-state index contributed by atoms with van der Waals surface area (Å²) in [6.45, 7) is 0. The maximum atomic E-state index is 13.2. The molecule has 0 bridgehead atoms. The van der Waals surface area contributed by atoms with Crippen molar-refractivity contribution < 1.29 is 17.9 Å². The predicted octanol–water partition coefficient (Wildman–Crippen LogP) is 2.80. The zero-order valence-corrected chi connectivity index (χ0v) is 14.9. The van der Waals surface area contributed by atoms with Gasteiger partial charge in [0, 0.05) is 5.92 Å². The van der Waals surface area contributed by atoms with Gasteiger partial charge in [0.05, 0.1) is 30.3 Å². The van der Waals surface area contributed by atoms with Crippen molar-refractivity contribution in [3.8, 4) is 5.75 Å². The van der Waals surface area contributed by atoms with Gasteiger partial charge < -0.3 is 9.64 Å². The number of methoxy groups -OCH3 is 1. The number of amides is 1. The molecule has 0 radical (unpaired) electrons. The second kappa shape index (κ2) is 7.13. The summed E-state index contributed by atoms with van der Waals surface area (Å²) in [5, 5.41) is 0. The molecular formula is C18H25NO4S. The number of carbonyl (C=O) groups is 1. The van der Waals surface area contributed by atoms with Crippen molar-refractivity contribution in [1.29, 1.82) is 0 Å². The Morgan fingerprint density at radius 1 is 1.12 bits per heavy atom. The molecule has 24 heavy (non-hydrogen) atoms. The first kappa shape index (κ1) is 17.3. The Morgan fingerprint density at radius 3 is 2.46 bits per heavy atom. The quantitative estimate of drug-likeness (QED) is 0.837. The minimum Gasteiger partial charge on any atom is -0.495 e. The van der Waals surface area contributed by atoms with Gasteiger partial charge in [-0.2, -0.15) is 0 Å². The topological polar surface area (TPSA) is 63.7 Å². The molecule has 132 valence electrons. The van der Waals surface area contributed by atoms with Gasteiger partial charge >= 0.3 is 0 Å². The van der Waals surface area contributed by atoms with E-state index in [1.54, 1.807) is 12.0 Å². The van der Waals surface area contributed by atoms with E-state index in [0.29, 0.717) is 17.9 Å². The van der Waals surface area contributed by atoms with Crippen LogP contribution in [-0.4, -0.2) is 39.0 Å². The van der Waals surface area contributed by atoms with Crippen molar-refractivity contribution in [2.24, 2.45) is 5.92 Å². The Balaban J connectivity index is 1.95. The van der Waals surface area contributed by atoms with Crippen LogP contribution in [0.2, 0.25) is 0 Å². The summed E-state index contributed by atoms with van der Waals surface area (Å²) in [6.07, 6.45) is 5.60. The van der Waals surface area contributed by atoms with Crippen molar-refractivity contribution in [3.63, 3.8) is 0 Å². The summed E-state index contributed by atoms with van der Waals surface area (Å²) in [5.41, 5.74) is 0.692. The van der Waals surface area contributed by atoms with E-state index in [1.807, 2.05) is 24.3 Å². The fourth-order valence-corrected chi connectivity index (χ4v) is 5.55. The average molecular weight is 351 g/mol. The molecule has 1 aromatic rings. The Hall–Kier alpha value is -1.56. The van der Waals surface area contributed by atoms with Crippen LogP contribution in [-0.2, 0) is 14.6 Å². The number of hydrogen-bond donors (Lipinski definition) is 0. The van der Waals surface area contributed by atoms with E-state index >= 15 is 0 Å². The summed E-state index contributed by atoms with van der Waals surface area (Å²) in [5.74, 6) is 0.865. The Kier molecular flexibility index (Phi) is 5.13. The lowest BCUT2D eigenvalue weighted by Crippen LogP contribution is -2.45. The molecule has 2 aliphatic rings. The van der Waals surface area contributed by atoms with E-state index in [4.69, 9.17) is 4.74 Å². The fourth-order valence-electron chi connectivity index (χ4n) is 3.85. The van der Waals surface area contributed by atoms with Crippen molar-refractivity contribution in [3.05, 3.63) is 24.3 Å². The van der Waals surface area contributed by atoms with E-state index in [9.17, 15) is 13.2 Å². The van der Waals surface area contributed by atoms with E-state index in [1.165, 1.54) is 6.42 Å².